The van der Waals surface area contributed by atoms with E-state index >= 15 is 0 Å². The molecule has 7 nitrogen and oxygen atoms in total. The highest BCUT2D eigenvalue weighted by Crippen LogP contribution is 2.01. The first-order chi connectivity index (χ1) is 6.15. The van der Waals surface area contributed by atoms with Crippen LogP contribution >= 0.6 is 0 Å². The summed E-state index contributed by atoms with van der Waals surface area (Å²) in [6, 6.07) is 0. The average molecular weight is 184 g/mol. The minimum atomic E-state index is -0.705. The number of anilines is 1. The second-order valence-corrected chi connectivity index (χ2v) is 2.09. The Morgan fingerprint density at radius 3 is 2.92 bits per heavy atom. The summed E-state index contributed by atoms with van der Waals surface area (Å²) in [5.74, 6) is -0.939. The molecular weight excluding hydrogens is 176 g/mol. The Kier molecular flexibility index (Phi) is 2.58. The molecule has 70 valence electrons. The number of H-pyrrole nitrogens is 1. The SMILES string of the molecule is CCOC(=O)c1n[nH]c(=O)nc1N. The second-order valence-electron chi connectivity index (χ2n) is 2.09. The van der Waals surface area contributed by atoms with Crippen molar-refractivity contribution in [2.45, 2.75) is 6.92 Å². The molecule has 1 heterocycles. The summed E-state index contributed by atoms with van der Waals surface area (Å²) < 4.78 is 4.61. The van der Waals surface area contributed by atoms with Crippen molar-refractivity contribution < 1.29 is 9.53 Å². The smallest absolute Gasteiger partial charge is 0.363 e. The molecule has 0 aliphatic carbocycles. The summed E-state index contributed by atoms with van der Waals surface area (Å²) in [6.07, 6.45) is 0. The van der Waals surface area contributed by atoms with E-state index in [9.17, 15) is 9.59 Å². The Hall–Kier alpha value is -1.92. The van der Waals surface area contributed by atoms with Crippen LogP contribution in [-0.4, -0.2) is 27.8 Å². The summed E-state index contributed by atoms with van der Waals surface area (Å²) in [4.78, 5) is 24.9. The van der Waals surface area contributed by atoms with Gasteiger partial charge in [0.1, 0.15) is 0 Å². The Morgan fingerprint density at radius 1 is 1.69 bits per heavy atom. The van der Waals surface area contributed by atoms with Gasteiger partial charge in [-0.05, 0) is 6.92 Å². The van der Waals surface area contributed by atoms with E-state index in [4.69, 9.17) is 5.73 Å². The largest absolute Gasteiger partial charge is 0.461 e. The highest BCUT2D eigenvalue weighted by atomic mass is 16.5. The van der Waals surface area contributed by atoms with E-state index < -0.39 is 11.7 Å². The van der Waals surface area contributed by atoms with Crippen LogP contribution in [0.15, 0.2) is 4.79 Å². The first-order valence-corrected chi connectivity index (χ1v) is 3.54. The van der Waals surface area contributed by atoms with Crippen LogP contribution in [0.2, 0.25) is 0 Å². The molecule has 0 unspecified atom stereocenters. The molecule has 3 N–H and O–H groups in total. The first-order valence-electron chi connectivity index (χ1n) is 3.54. The van der Waals surface area contributed by atoms with Crippen LogP contribution in [0.3, 0.4) is 0 Å². The number of esters is 1. The van der Waals surface area contributed by atoms with Crippen LogP contribution in [0, 0.1) is 0 Å². The number of nitrogens with one attached hydrogen (secondary N) is 1. The van der Waals surface area contributed by atoms with Crippen LogP contribution in [0.1, 0.15) is 17.4 Å². The Balaban J connectivity index is 3.02. The van der Waals surface area contributed by atoms with Gasteiger partial charge < -0.3 is 10.5 Å². The number of rotatable bonds is 2. The molecule has 1 rings (SSSR count). The van der Waals surface area contributed by atoms with E-state index in [1.807, 2.05) is 5.10 Å². The van der Waals surface area contributed by atoms with Gasteiger partial charge in [0.25, 0.3) is 0 Å². The van der Waals surface area contributed by atoms with Gasteiger partial charge in [-0.2, -0.15) is 10.1 Å². The maximum absolute atomic E-state index is 11.1. The molecule has 0 aliphatic heterocycles. The Morgan fingerprint density at radius 2 is 2.38 bits per heavy atom. The minimum Gasteiger partial charge on any atom is -0.461 e. The molecule has 0 radical (unpaired) electrons. The number of ether oxygens (including phenoxy) is 1. The van der Waals surface area contributed by atoms with Gasteiger partial charge >= 0.3 is 11.7 Å². The maximum Gasteiger partial charge on any atom is 0.363 e. The van der Waals surface area contributed by atoms with E-state index in [-0.39, 0.29) is 18.1 Å². The standard InChI is InChI=1S/C6H8N4O3/c1-2-13-5(11)3-4(7)8-6(12)10-9-3/h2H2,1H3,(H3,7,8,10,12). The Bertz CT molecular complexity index is 372. The lowest BCUT2D eigenvalue weighted by Gasteiger charge is -2.00. The molecule has 0 aliphatic rings. The third-order valence-electron chi connectivity index (χ3n) is 1.20. The van der Waals surface area contributed by atoms with Crippen molar-refractivity contribution in [3.8, 4) is 0 Å². The monoisotopic (exact) mass is 184 g/mol. The van der Waals surface area contributed by atoms with Crippen molar-refractivity contribution in [1.82, 2.24) is 15.2 Å². The highest BCUT2D eigenvalue weighted by Gasteiger charge is 2.13. The third kappa shape index (κ3) is 2.01. The van der Waals surface area contributed by atoms with E-state index in [1.54, 1.807) is 6.92 Å². The Labute approximate surface area is 72.9 Å². The summed E-state index contributed by atoms with van der Waals surface area (Å²) in [5, 5.41) is 5.38. The van der Waals surface area contributed by atoms with E-state index in [0.29, 0.717) is 0 Å². The molecule has 13 heavy (non-hydrogen) atoms. The van der Waals surface area contributed by atoms with Crippen LogP contribution < -0.4 is 11.4 Å². The summed E-state index contributed by atoms with van der Waals surface area (Å²) in [6.45, 7) is 1.85. The van der Waals surface area contributed by atoms with Crippen molar-refractivity contribution >= 4 is 11.8 Å². The minimum absolute atomic E-state index is 0.179. The van der Waals surface area contributed by atoms with Crippen molar-refractivity contribution in [2.24, 2.45) is 0 Å². The fourth-order valence-electron chi connectivity index (χ4n) is 0.698. The second kappa shape index (κ2) is 3.65. The van der Waals surface area contributed by atoms with Crippen molar-refractivity contribution in [3.63, 3.8) is 0 Å². The fourth-order valence-corrected chi connectivity index (χ4v) is 0.698. The molecule has 0 saturated heterocycles. The molecule has 0 spiro atoms. The van der Waals surface area contributed by atoms with Gasteiger partial charge in [-0.3, -0.25) is 0 Å². The number of aromatic nitrogens is 3. The van der Waals surface area contributed by atoms with E-state index in [2.05, 4.69) is 14.8 Å². The summed E-state index contributed by atoms with van der Waals surface area (Å²) in [7, 11) is 0. The first kappa shape index (κ1) is 9.17. The number of hydrogen-bond donors (Lipinski definition) is 2. The number of nitrogens with two attached hydrogens (primary N) is 1. The quantitative estimate of drug-likeness (QED) is 0.566. The molecule has 1 aromatic heterocycles. The van der Waals surface area contributed by atoms with Crippen molar-refractivity contribution in [3.05, 3.63) is 16.2 Å². The summed E-state index contributed by atoms with van der Waals surface area (Å²) >= 11 is 0. The molecule has 0 bridgehead atoms. The number of aromatic amines is 1. The van der Waals surface area contributed by atoms with E-state index in [1.165, 1.54) is 0 Å². The topological polar surface area (TPSA) is 111 Å². The van der Waals surface area contributed by atoms with Gasteiger partial charge in [0.2, 0.25) is 5.69 Å². The lowest BCUT2D eigenvalue weighted by Crippen LogP contribution is -2.20. The zero-order chi connectivity index (χ0) is 9.84. The molecule has 0 aromatic carbocycles. The van der Waals surface area contributed by atoms with Crippen molar-refractivity contribution in [1.29, 1.82) is 0 Å². The number of nitrogens with zero attached hydrogens (tertiary/aromatic N) is 2. The lowest BCUT2D eigenvalue weighted by molar-refractivity contribution is 0.0519. The number of carbonyl (C=O) groups excluding carboxylic acids is 1. The van der Waals surface area contributed by atoms with Gasteiger partial charge in [-0.25, -0.2) is 14.7 Å². The molecule has 7 heteroatoms. The van der Waals surface area contributed by atoms with Crippen molar-refractivity contribution in [2.75, 3.05) is 12.3 Å². The zero-order valence-corrected chi connectivity index (χ0v) is 6.90. The van der Waals surface area contributed by atoms with Gasteiger partial charge in [-0.15, -0.1) is 0 Å². The van der Waals surface area contributed by atoms with Gasteiger partial charge in [0.15, 0.2) is 5.82 Å². The molecule has 1 aromatic rings. The van der Waals surface area contributed by atoms with Gasteiger partial charge in [-0.1, -0.05) is 0 Å². The van der Waals surface area contributed by atoms with Crippen LogP contribution in [0.25, 0.3) is 0 Å². The summed E-state index contributed by atoms with van der Waals surface area (Å²) in [5.41, 5.74) is 4.38. The maximum atomic E-state index is 11.1. The third-order valence-corrected chi connectivity index (χ3v) is 1.20. The molecule has 0 atom stereocenters. The molecule has 0 amide bonds. The van der Waals surface area contributed by atoms with Gasteiger partial charge in [0.05, 0.1) is 6.61 Å². The fraction of sp³-hybridized carbons (Fsp3) is 0.333. The molecular formula is C6H8N4O3. The molecule has 0 fully saturated rings. The zero-order valence-electron chi connectivity index (χ0n) is 6.90. The van der Waals surface area contributed by atoms with Gasteiger partial charge in [0, 0.05) is 0 Å². The molecule has 0 saturated carbocycles. The number of carbonyl (C=O) groups is 1. The highest BCUT2D eigenvalue weighted by molar-refractivity contribution is 5.91. The number of nitrogen functional groups attached to an aromatic ring is 1. The predicted molar refractivity (Wildman–Crippen MR) is 43.0 cm³/mol. The number of hydrogen-bond acceptors (Lipinski definition) is 6. The van der Waals surface area contributed by atoms with E-state index in [0.717, 1.165) is 0 Å². The van der Waals surface area contributed by atoms with Crippen LogP contribution in [0.5, 0.6) is 0 Å². The van der Waals surface area contributed by atoms with Crippen LogP contribution in [-0.2, 0) is 4.74 Å². The lowest BCUT2D eigenvalue weighted by atomic mass is 10.4. The normalized spacial score (nSPS) is 9.62. The van der Waals surface area contributed by atoms with Crippen LogP contribution in [0.4, 0.5) is 5.82 Å². The predicted octanol–water partition coefficient (Wildman–Crippen LogP) is -1.08. The average Bonchev–Trinajstić information content (AvgIpc) is 2.04.